The number of imide groups is 1. The number of fused-ring (bicyclic) bond motifs is 1. The van der Waals surface area contributed by atoms with Crippen LogP contribution in [-0.4, -0.2) is 52.5 Å². The second-order valence-corrected chi connectivity index (χ2v) is 9.39. The van der Waals surface area contributed by atoms with Gasteiger partial charge in [0.2, 0.25) is 0 Å². The van der Waals surface area contributed by atoms with E-state index in [2.05, 4.69) is 0 Å². The third-order valence-corrected chi connectivity index (χ3v) is 6.47. The summed E-state index contributed by atoms with van der Waals surface area (Å²) in [4.78, 5) is 73.3. The highest BCUT2D eigenvalue weighted by atomic mass is 16.6. The highest BCUT2D eigenvalue weighted by molar-refractivity contribution is 6.23. The number of carbonyl (C=O) groups is 5. The van der Waals surface area contributed by atoms with Crippen molar-refractivity contribution in [1.29, 1.82) is 0 Å². The minimum Gasteiger partial charge on any atom is -0.457 e. The second kappa shape index (κ2) is 12.8. The zero-order valence-electron chi connectivity index (χ0n) is 22.2. The van der Waals surface area contributed by atoms with Crippen molar-refractivity contribution < 1.29 is 38.4 Å². The van der Waals surface area contributed by atoms with E-state index in [-0.39, 0.29) is 35.4 Å². The van der Waals surface area contributed by atoms with E-state index in [9.17, 15) is 34.1 Å². The van der Waals surface area contributed by atoms with Gasteiger partial charge in [0, 0.05) is 24.6 Å². The quantitative estimate of drug-likeness (QED) is 0.0586. The third-order valence-electron chi connectivity index (χ3n) is 6.47. The van der Waals surface area contributed by atoms with Gasteiger partial charge in [-0.15, -0.1) is 0 Å². The van der Waals surface area contributed by atoms with Crippen LogP contribution in [0.3, 0.4) is 0 Å². The van der Waals surface area contributed by atoms with Crippen molar-refractivity contribution in [2.24, 2.45) is 0 Å². The number of nitro benzene ring substituents is 1. The first-order valence-electron chi connectivity index (χ1n) is 12.9. The molecule has 0 spiro atoms. The third kappa shape index (κ3) is 6.88. The molecule has 0 saturated carbocycles. The molecule has 0 atom stereocenters. The van der Waals surface area contributed by atoms with E-state index in [0.717, 1.165) is 10.5 Å². The van der Waals surface area contributed by atoms with Crippen LogP contribution in [0.5, 0.6) is 5.75 Å². The lowest BCUT2D eigenvalue weighted by Crippen LogP contribution is -2.30. The molecule has 0 radical (unpaired) electrons. The fourth-order valence-electron chi connectivity index (χ4n) is 4.25. The summed E-state index contributed by atoms with van der Waals surface area (Å²) >= 11 is 0. The number of carbonyl (C=O) groups excluding carboxylic acids is 5. The zero-order valence-corrected chi connectivity index (χ0v) is 22.2. The summed E-state index contributed by atoms with van der Waals surface area (Å²) in [6.45, 7) is 1.52. The van der Waals surface area contributed by atoms with Gasteiger partial charge in [-0.05, 0) is 62.2 Å². The molecule has 210 valence electrons. The lowest BCUT2D eigenvalue weighted by Gasteiger charge is -2.13. The van der Waals surface area contributed by atoms with Crippen molar-refractivity contribution >= 4 is 35.2 Å². The van der Waals surface area contributed by atoms with Crippen LogP contribution >= 0.6 is 0 Å². The molecule has 0 aliphatic carbocycles. The van der Waals surface area contributed by atoms with Crippen molar-refractivity contribution in [3.8, 4) is 5.75 Å². The number of esters is 2. The maximum absolute atomic E-state index is 12.6. The van der Waals surface area contributed by atoms with Crippen LogP contribution in [0.15, 0.2) is 66.7 Å². The van der Waals surface area contributed by atoms with Gasteiger partial charge in [-0.1, -0.05) is 30.2 Å². The average Bonchev–Trinajstić information content (AvgIpc) is 3.21. The van der Waals surface area contributed by atoms with E-state index < -0.39 is 46.8 Å². The molecule has 4 rings (SSSR count). The molecule has 11 nitrogen and oxygen atoms in total. The van der Waals surface area contributed by atoms with Gasteiger partial charge in [0.15, 0.2) is 12.4 Å². The Hall–Kier alpha value is -5.19. The van der Waals surface area contributed by atoms with E-state index in [1.165, 1.54) is 42.5 Å². The molecule has 3 aromatic carbocycles. The van der Waals surface area contributed by atoms with Crippen LogP contribution in [0.2, 0.25) is 0 Å². The Morgan fingerprint density at radius 1 is 0.854 bits per heavy atom. The highest BCUT2D eigenvalue weighted by Crippen LogP contribution is 2.30. The molecule has 2 amide bonds. The fourth-order valence-corrected chi connectivity index (χ4v) is 4.25. The molecule has 0 bridgehead atoms. The molecule has 0 N–H and O–H groups in total. The smallest absolute Gasteiger partial charge is 0.343 e. The summed E-state index contributed by atoms with van der Waals surface area (Å²) < 4.78 is 10.4. The number of hydrogen-bond donors (Lipinski definition) is 0. The second-order valence-electron chi connectivity index (χ2n) is 9.39. The summed E-state index contributed by atoms with van der Waals surface area (Å²) in [5, 5.41) is 11.2. The zero-order chi connectivity index (χ0) is 29.5. The van der Waals surface area contributed by atoms with Gasteiger partial charge in [-0.3, -0.25) is 34.2 Å². The molecular weight excluding hydrogens is 532 g/mol. The number of hydrogen-bond acceptors (Lipinski definition) is 9. The van der Waals surface area contributed by atoms with Crippen LogP contribution in [-0.2, 0) is 9.53 Å². The number of benzene rings is 3. The van der Waals surface area contributed by atoms with Crippen molar-refractivity contribution in [2.45, 2.75) is 32.6 Å². The average molecular weight is 559 g/mol. The summed E-state index contributed by atoms with van der Waals surface area (Å²) in [6.07, 6.45) is 1.32. The minimum absolute atomic E-state index is 0.00958. The van der Waals surface area contributed by atoms with Crippen LogP contribution in [0, 0.1) is 17.0 Å². The number of amides is 2. The van der Waals surface area contributed by atoms with Crippen LogP contribution in [0.1, 0.15) is 72.7 Å². The van der Waals surface area contributed by atoms with Crippen LogP contribution in [0.4, 0.5) is 5.69 Å². The Morgan fingerprint density at radius 3 is 2.22 bits per heavy atom. The number of unbranched alkanes of at least 4 members (excludes halogenated alkanes) is 2. The summed E-state index contributed by atoms with van der Waals surface area (Å²) in [6, 6.07) is 16.8. The number of rotatable bonds is 12. The monoisotopic (exact) mass is 558 g/mol. The molecule has 0 unspecified atom stereocenters. The normalized spacial score (nSPS) is 12.2. The molecule has 3 aromatic rings. The minimum atomic E-state index is -0.701. The van der Waals surface area contributed by atoms with Gasteiger partial charge in [-0.2, -0.15) is 0 Å². The highest BCUT2D eigenvalue weighted by Gasteiger charge is 2.40. The molecule has 0 saturated heterocycles. The number of ether oxygens (including phenoxy) is 2. The molecule has 1 heterocycles. The van der Waals surface area contributed by atoms with Gasteiger partial charge in [-0.25, -0.2) is 4.79 Å². The van der Waals surface area contributed by atoms with Crippen molar-refractivity contribution in [3.63, 3.8) is 0 Å². The molecular formula is C30H26N2O9. The largest absolute Gasteiger partial charge is 0.457 e. The fraction of sp³-hybridized carbons (Fsp3) is 0.233. The lowest BCUT2D eigenvalue weighted by atomic mass is 10.1. The Labute approximate surface area is 234 Å². The molecule has 0 fully saturated rings. The van der Waals surface area contributed by atoms with E-state index in [1.54, 1.807) is 24.3 Å². The molecule has 1 aliphatic rings. The molecule has 41 heavy (non-hydrogen) atoms. The first-order chi connectivity index (χ1) is 19.7. The van der Waals surface area contributed by atoms with Crippen molar-refractivity contribution in [1.82, 2.24) is 4.90 Å². The number of ketones is 1. The molecule has 1 aliphatic heterocycles. The lowest BCUT2D eigenvalue weighted by molar-refractivity contribution is -0.385. The Morgan fingerprint density at radius 2 is 1.54 bits per heavy atom. The predicted molar refractivity (Wildman–Crippen MR) is 145 cm³/mol. The van der Waals surface area contributed by atoms with Crippen LogP contribution < -0.4 is 4.74 Å². The van der Waals surface area contributed by atoms with Crippen molar-refractivity contribution in [3.05, 3.63) is 105 Å². The predicted octanol–water partition coefficient (Wildman–Crippen LogP) is 4.70. The Balaban J connectivity index is 1.15. The van der Waals surface area contributed by atoms with Gasteiger partial charge in [0.05, 0.1) is 16.1 Å². The summed E-state index contributed by atoms with van der Waals surface area (Å²) in [5.41, 5.74) is 1.11. The molecule has 11 heteroatoms. The van der Waals surface area contributed by atoms with Gasteiger partial charge >= 0.3 is 11.9 Å². The number of nitrogens with zero attached hydrogens (tertiary/aromatic N) is 2. The van der Waals surface area contributed by atoms with E-state index in [4.69, 9.17) is 9.47 Å². The standard InChI is InChI=1S/C30H26N2O9/c1-19-9-11-21(12-10-19)30(37)41-22-15-13-20(14-16-22)25(33)18-40-26(34)8-3-2-4-17-31-28(35)23-6-5-7-24(32(38)39)27(23)29(31)36/h5-7,9-16H,2-4,8,17-18H2,1H3. The summed E-state index contributed by atoms with van der Waals surface area (Å²) in [7, 11) is 0. The first kappa shape index (κ1) is 28.8. The maximum Gasteiger partial charge on any atom is 0.343 e. The van der Waals surface area contributed by atoms with Gasteiger partial charge in [0.1, 0.15) is 11.3 Å². The summed E-state index contributed by atoms with van der Waals surface area (Å²) in [5.74, 6) is -2.53. The first-order valence-corrected chi connectivity index (χ1v) is 12.9. The van der Waals surface area contributed by atoms with Gasteiger partial charge < -0.3 is 9.47 Å². The SMILES string of the molecule is Cc1ccc(C(=O)Oc2ccc(C(=O)COC(=O)CCCCCN3C(=O)c4cccc([N+](=O)[O-])c4C3=O)cc2)cc1. The van der Waals surface area contributed by atoms with E-state index in [0.29, 0.717) is 24.8 Å². The van der Waals surface area contributed by atoms with Crippen LogP contribution in [0.25, 0.3) is 0 Å². The Kier molecular flexibility index (Phi) is 8.98. The maximum atomic E-state index is 12.6. The molecule has 0 aromatic heterocycles. The topological polar surface area (TPSA) is 150 Å². The van der Waals surface area contributed by atoms with Gasteiger partial charge in [0.25, 0.3) is 17.5 Å². The Bertz CT molecular complexity index is 1510. The number of Topliss-reactive ketones (excluding diaryl/α,β-unsaturated/α-hetero) is 1. The van der Waals surface area contributed by atoms with E-state index >= 15 is 0 Å². The number of nitro groups is 1. The van der Waals surface area contributed by atoms with Crippen molar-refractivity contribution in [2.75, 3.05) is 13.2 Å². The van der Waals surface area contributed by atoms with E-state index in [1.807, 2.05) is 6.92 Å². The number of aryl methyl sites for hydroxylation is 1.